The number of carbonyl (C=O) groups excluding carboxylic acids is 1. The van der Waals surface area contributed by atoms with Crippen LogP contribution in [0.3, 0.4) is 0 Å². The number of amides is 2. The lowest BCUT2D eigenvalue weighted by Crippen LogP contribution is -2.59. The van der Waals surface area contributed by atoms with Gasteiger partial charge in [-0.05, 0) is 19.8 Å². The molecule has 0 aromatic carbocycles. The van der Waals surface area contributed by atoms with Crippen LogP contribution in [0.15, 0.2) is 5.10 Å². The van der Waals surface area contributed by atoms with Gasteiger partial charge in [0, 0.05) is 3.82 Å². The van der Waals surface area contributed by atoms with E-state index in [1.807, 2.05) is 0 Å². The largest absolute Gasteiger partial charge is 0.354 e. The van der Waals surface area contributed by atoms with Gasteiger partial charge in [-0.25, -0.2) is 32.1 Å². The molecule has 0 bridgehead atoms. The molecule has 0 saturated heterocycles. The highest BCUT2D eigenvalue weighted by Crippen LogP contribution is 2.19. The zero-order valence-corrected chi connectivity index (χ0v) is 15.3. The van der Waals surface area contributed by atoms with Crippen molar-refractivity contribution in [2.24, 2.45) is 5.10 Å². The molecular weight excluding hydrogens is 344 g/mol. The van der Waals surface area contributed by atoms with Gasteiger partial charge in [0.05, 0.1) is 23.8 Å². The highest BCUT2D eigenvalue weighted by atomic mass is 32.3. The van der Waals surface area contributed by atoms with E-state index in [0.29, 0.717) is 36.4 Å². The molecule has 134 valence electrons. The summed E-state index contributed by atoms with van der Waals surface area (Å²) < 4.78 is 50.4. The SMILES string of the molecule is CCCCS(=O)(=O)N(N1CC(C)=NNC1=O)S(=O)(=O)CCCC. The monoisotopic (exact) mass is 368 g/mol. The molecular formula is C12H24N4O5S2. The Morgan fingerprint density at radius 2 is 1.57 bits per heavy atom. The number of hydrogen-bond donors (Lipinski definition) is 1. The second-order valence-electron chi connectivity index (χ2n) is 5.34. The molecule has 0 aromatic heterocycles. The molecule has 0 radical (unpaired) electrons. The molecule has 1 rings (SSSR count). The average molecular weight is 368 g/mol. The quantitative estimate of drug-likeness (QED) is 0.648. The number of hydrazine groups is 1. The molecule has 11 heteroatoms. The molecule has 1 aliphatic rings. The summed E-state index contributed by atoms with van der Waals surface area (Å²) >= 11 is 0. The van der Waals surface area contributed by atoms with E-state index in [9.17, 15) is 21.6 Å². The standard InChI is InChI=1S/C12H24N4O5S2/c1-4-6-8-22(18,19)16(23(20,21)9-7-5-2)15-10-11(3)13-14-12(15)17/h4-10H2,1-3H3,(H,14,17). The molecule has 1 aliphatic heterocycles. The summed E-state index contributed by atoms with van der Waals surface area (Å²) in [4.78, 5) is 12.0. The van der Waals surface area contributed by atoms with Crippen LogP contribution in [0.5, 0.6) is 0 Å². The Balaban J connectivity index is 3.26. The van der Waals surface area contributed by atoms with Crippen LogP contribution in [0.4, 0.5) is 4.79 Å². The minimum Gasteiger partial charge on any atom is -0.245 e. The van der Waals surface area contributed by atoms with Crippen LogP contribution < -0.4 is 5.43 Å². The van der Waals surface area contributed by atoms with Crippen molar-refractivity contribution in [3.63, 3.8) is 0 Å². The maximum absolute atomic E-state index is 12.5. The molecule has 1 heterocycles. The smallest absolute Gasteiger partial charge is 0.245 e. The number of unbranched alkanes of at least 4 members (excludes halogenated alkanes) is 2. The first-order chi connectivity index (χ1) is 10.7. The molecule has 0 aliphatic carbocycles. The van der Waals surface area contributed by atoms with Gasteiger partial charge in [0.15, 0.2) is 0 Å². The van der Waals surface area contributed by atoms with Gasteiger partial charge in [0.25, 0.3) is 0 Å². The summed E-state index contributed by atoms with van der Waals surface area (Å²) in [6, 6.07) is -0.879. The summed E-state index contributed by atoms with van der Waals surface area (Å²) in [6.45, 7) is 4.98. The van der Waals surface area contributed by atoms with Gasteiger partial charge in [-0.3, -0.25) is 0 Å². The van der Waals surface area contributed by atoms with Gasteiger partial charge < -0.3 is 0 Å². The number of urea groups is 1. The van der Waals surface area contributed by atoms with Crippen molar-refractivity contribution in [2.75, 3.05) is 18.1 Å². The Hall–Kier alpha value is -1.20. The summed E-state index contributed by atoms with van der Waals surface area (Å²) in [5, 5.41) is 4.38. The number of nitrogens with one attached hydrogen (secondary N) is 1. The van der Waals surface area contributed by atoms with Crippen molar-refractivity contribution in [3.8, 4) is 0 Å². The van der Waals surface area contributed by atoms with Crippen LogP contribution >= 0.6 is 0 Å². The summed E-state index contributed by atoms with van der Waals surface area (Å²) in [6.07, 6.45) is 1.80. The Morgan fingerprint density at radius 1 is 1.09 bits per heavy atom. The van der Waals surface area contributed by atoms with E-state index < -0.39 is 26.1 Å². The highest BCUT2D eigenvalue weighted by molar-refractivity contribution is 8.03. The van der Waals surface area contributed by atoms with Crippen LogP contribution in [-0.4, -0.2) is 55.5 Å². The maximum atomic E-state index is 12.5. The Labute approximate surface area is 137 Å². The second kappa shape index (κ2) is 8.06. The van der Waals surface area contributed by atoms with E-state index >= 15 is 0 Å². The van der Waals surface area contributed by atoms with Crippen molar-refractivity contribution in [1.82, 2.24) is 14.3 Å². The minimum absolute atomic E-state index is 0.192. The van der Waals surface area contributed by atoms with Crippen molar-refractivity contribution in [3.05, 3.63) is 0 Å². The second-order valence-corrected chi connectivity index (χ2v) is 9.41. The first-order valence-electron chi connectivity index (χ1n) is 7.52. The minimum atomic E-state index is -4.17. The third-order valence-corrected chi connectivity index (χ3v) is 7.46. The van der Waals surface area contributed by atoms with Crippen molar-refractivity contribution >= 4 is 31.8 Å². The van der Waals surface area contributed by atoms with Crippen LogP contribution in [0.25, 0.3) is 0 Å². The van der Waals surface area contributed by atoms with E-state index in [2.05, 4.69) is 10.5 Å². The molecule has 0 saturated carbocycles. The van der Waals surface area contributed by atoms with Crippen LogP contribution in [0.2, 0.25) is 0 Å². The van der Waals surface area contributed by atoms with Gasteiger partial charge in [-0.2, -0.15) is 5.10 Å². The first-order valence-corrected chi connectivity index (χ1v) is 10.7. The Morgan fingerprint density at radius 3 is 2.00 bits per heavy atom. The predicted molar refractivity (Wildman–Crippen MR) is 87.6 cm³/mol. The van der Waals surface area contributed by atoms with E-state index in [1.165, 1.54) is 0 Å². The first kappa shape index (κ1) is 19.8. The van der Waals surface area contributed by atoms with Gasteiger partial charge in [0.1, 0.15) is 0 Å². The molecule has 0 aromatic rings. The number of hydrazone groups is 1. The Bertz CT molecular complexity index is 619. The third-order valence-electron chi connectivity index (χ3n) is 3.14. The summed E-state index contributed by atoms with van der Waals surface area (Å²) in [5.74, 6) is -0.677. The van der Waals surface area contributed by atoms with E-state index in [4.69, 9.17) is 0 Å². The van der Waals surface area contributed by atoms with E-state index in [-0.39, 0.29) is 21.9 Å². The van der Waals surface area contributed by atoms with Crippen LogP contribution in [0.1, 0.15) is 46.5 Å². The topological polar surface area (TPSA) is 116 Å². The number of rotatable bonds is 9. The highest BCUT2D eigenvalue weighted by Gasteiger charge is 2.42. The van der Waals surface area contributed by atoms with Crippen molar-refractivity contribution in [1.29, 1.82) is 0 Å². The van der Waals surface area contributed by atoms with Crippen LogP contribution in [-0.2, 0) is 20.0 Å². The fourth-order valence-corrected chi connectivity index (χ4v) is 6.25. The summed E-state index contributed by atoms with van der Waals surface area (Å²) in [5.41, 5.74) is 2.53. The van der Waals surface area contributed by atoms with Gasteiger partial charge in [-0.15, -0.1) is 0 Å². The molecule has 0 atom stereocenters. The lowest BCUT2D eigenvalue weighted by molar-refractivity contribution is 0.152. The molecule has 0 spiro atoms. The predicted octanol–water partition coefficient (Wildman–Crippen LogP) is 0.864. The van der Waals surface area contributed by atoms with E-state index in [1.54, 1.807) is 20.8 Å². The van der Waals surface area contributed by atoms with Crippen molar-refractivity contribution < 1.29 is 21.6 Å². The fraction of sp³-hybridized carbons (Fsp3) is 0.833. The number of sulfonamides is 2. The van der Waals surface area contributed by atoms with Crippen LogP contribution in [0, 0.1) is 0 Å². The molecule has 2 amide bonds. The maximum Gasteiger partial charge on any atom is 0.354 e. The molecule has 9 nitrogen and oxygen atoms in total. The number of nitrogens with zero attached hydrogens (tertiary/aromatic N) is 3. The van der Waals surface area contributed by atoms with Gasteiger partial charge in [0.2, 0.25) is 20.0 Å². The third kappa shape index (κ3) is 5.15. The number of hydrogen-bond acceptors (Lipinski definition) is 6. The molecule has 23 heavy (non-hydrogen) atoms. The number of carbonyl (C=O) groups is 1. The van der Waals surface area contributed by atoms with Crippen molar-refractivity contribution in [2.45, 2.75) is 46.5 Å². The summed E-state index contributed by atoms with van der Waals surface area (Å²) in [7, 11) is -8.35. The molecule has 1 N–H and O–H groups in total. The Kier molecular flexibility index (Phi) is 6.96. The zero-order chi connectivity index (χ0) is 17.7. The zero-order valence-electron chi connectivity index (χ0n) is 13.6. The molecule has 0 fully saturated rings. The normalized spacial score (nSPS) is 16.4. The lowest BCUT2D eigenvalue weighted by atomic mass is 10.4. The lowest BCUT2D eigenvalue weighted by Gasteiger charge is -2.34. The molecule has 0 unspecified atom stereocenters. The fourth-order valence-electron chi connectivity index (χ4n) is 1.94. The van der Waals surface area contributed by atoms with E-state index in [0.717, 1.165) is 0 Å². The van der Waals surface area contributed by atoms with Gasteiger partial charge >= 0.3 is 6.03 Å². The average Bonchev–Trinajstić information content (AvgIpc) is 2.46. The van der Waals surface area contributed by atoms with Gasteiger partial charge in [-0.1, -0.05) is 26.7 Å².